The third-order valence-electron chi connectivity index (χ3n) is 2.71. The minimum absolute atomic E-state index is 0.214. The lowest BCUT2D eigenvalue weighted by Crippen LogP contribution is -2.14. The van der Waals surface area contributed by atoms with Crippen molar-refractivity contribution in [3.63, 3.8) is 0 Å². The third kappa shape index (κ3) is 2.99. The molecule has 2 aromatic rings. The largest absolute Gasteiger partial charge is 0.478 e. The van der Waals surface area contributed by atoms with Gasteiger partial charge in [0.1, 0.15) is 11.3 Å². The predicted octanol–water partition coefficient (Wildman–Crippen LogP) is 2.58. The van der Waals surface area contributed by atoms with Crippen molar-refractivity contribution in [2.24, 2.45) is 0 Å². The Bertz CT molecular complexity index is 528. The zero-order chi connectivity index (χ0) is 13.0. The molecule has 94 valence electrons. The van der Waals surface area contributed by atoms with Crippen LogP contribution in [0.2, 0.25) is 0 Å². The summed E-state index contributed by atoms with van der Waals surface area (Å²) in [5.74, 6) is -0.509. The van der Waals surface area contributed by atoms with Gasteiger partial charge >= 0.3 is 5.97 Å². The molecular weight excluding hydrogens is 230 g/mol. The number of carboxylic acid groups (broad SMARTS) is 1. The van der Waals surface area contributed by atoms with Crippen molar-refractivity contribution in [3.8, 4) is 0 Å². The monoisotopic (exact) mass is 245 g/mol. The first-order valence-electron chi connectivity index (χ1n) is 5.73. The highest BCUT2D eigenvalue weighted by molar-refractivity contribution is 5.88. The molecule has 0 radical (unpaired) electrons. The molecule has 0 aliphatic carbocycles. The molecule has 0 fully saturated rings. The van der Waals surface area contributed by atoms with Crippen LogP contribution in [0.3, 0.4) is 0 Å². The van der Waals surface area contributed by atoms with Crippen molar-refractivity contribution in [2.45, 2.75) is 20.0 Å². The molecule has 4 heteroatoms. The van der Waals surface area contributed by atoms with Crippen molar-refractivity contribution in [1.82, 2.24) is 5.32 Å². The number of hydrogen-bond donors (Lipinski definition) is 2. The van der Waals surface area contributed by atoms with Gasteiger partial charge in [0.2, 0.25) is 0 Å². The quantitative estimate of drug-likeness (QED) is 0.849. The Balaban J connectivity index is 1.90. The summed E-state index contributed by atoms with van der Waals surface area (Å²) < 4.78 is 5.14. The topological polar surface area (TPSA) is 62.5 Å². The van der Waals surface area contributed by atoms with Gasteiger partial charge in [-0.1, -0.05) is 29.8 Å². The molecule has 0 bridgehead atoms. The molecule has 1 aromatic carbocycles. The fourth-order valence-electron chi connectivity index (χ4n) is 1.69. The van der Waals surface area contributed by atoms with Crippen LogP contribution in [-0.2, 0) is 13.1 Å². The van der Waals surface area contributed by atoms with E-state index in [0.717, 1.165) is 5.56 Å². The van der Waals surface area contributed by atoms with Gasteiger partial charge < -0.3 is 14.8 Å². The number of furan rings is 1. The minimum atomic E-state index is -0.962. The maximum Gasteiger partial charge on any atom is 0.339 e. The van der Waals surface area contributed by atoms with E-state index in [1.807, 2.05) is 31.2 Å². The first kappa shape index (κ1) is 12.4. The van der Waals surface area contributed by atoms with Crippen LogP contribution in [0.4, 0.5) is 0 Å². The molecule has 1 heterocycles. The molecule has 0 amide bonds. The molecule has 1 aromatic heterocycles. The van der Waals surface area contributed by atoms with Crippen molar-refractivity contribution in [3.05, 3.63) is 59.0 Å². The summed E-state index contributed by atoms with van der Waals surface area (Å²) in [6.45, 7) is 3.13. The lowest BCUT2D eigenvalue weighted by molar-refractivity contribution is 0.0694. The Labute approximate surface area is 105 Å². The fourth-order valence-corrected chi connectivity index (χ4v) is 1.69. The number of carboxylic acids is 1. The van der Waals surface area contributed by atoms with Crippen LogP contribution < -0.4 is 5.32 Å². The van der Waals surface area contributed by atoms with E-state index in [2.05, 4.69) is 5.32 Å². The molecule has 0 aliphatic heterocycles. The molecule has 18 heavy (non-hydrogen) atoms. The zero-order valence-corrected chi connectivity index (χ0v) is 10.1. The van der Waals surface area contributed by atoms with Crippen LogP contribution in [0.5, 0.6) is 0 Å². The number of aromatic carboxylic acids is 1. The molecule has 0 unspecified atom stereocenters. The number of aryl methyl sites for hydroxylation is 1. The number of rotatable bonds is 5. The average molecular weight is 245 g/mol. The molecule has 0 spiro atoms. The van der Waals surface area contributed by atoms with Gasteiger partial charge in [-0.2, -0.15) is 0 Å². The Hall–Kier alpha value is -2.07. The number of nitrogens with one attached hydrogen (secondary N) is 1. The van der Waals surface area contributed by atoms with Crippen LogP contribution in [0.15, 0.2) is 41.0 Å². The molecule has 2 N–H and O–H groups in total. The van der Waals surface area contributed by atoms with Crippen LogP contribution >= 0.6 is 0 Å². The van der Waals surface area contributed by atoms with E-state index in [9.17, 15) is 4.79 Å². The second-order valence-corrected chi connectivity index (χ2v) is 4.15. The van der Waals surface area contributed by atoms with Crippen molar-refractivity contribution in [2.75, 3.05) is 0 Å². The molecule has 0 atom stereocenters. The summed E-state index contributed by atoms with van der Waals surface area (Å²) in [5.41, 5.74) is 2.59. The number of benzene rings is 1. The standard InChI is InChI=1S/C14H15NO3/c1-10-2-4-11(5-3-10)8-15-9-13-12(14(16)17)6-7-18-13/h2-7,15H,8-9H2,1H3,(H,16,17). The first-order valence-corrected chi connectivity index (χ1v) is 5.73. The highest BCUT2D eigenvalue weighted by atomic mass is 16.4. The van der Waals surface area contributed by atoms with E-state index in [1.54, 1.807) is 0 Å². The Morgan fingerprint density at radius 1 is 1.22 bits per heavy atom. The highest BCUT2D eigenvalue weighted by Crippen LogP contribution is 2.10. The summed E-state index contributed by atoms with van der Waals surface area (Å²) >= 11 is 0. The number of carbonyl (C=O) groups is 1. The minimum Gasteiger partial charge on any atom is -0.478 e. The van der Waals surface area contributed by atoms with Gasteiger partial charge in [0, 0.05) is 6.54 Å². The van der Waals surface area contributed by atoms with Crippen LogP contribution in [0.1, 0.15) is 27.2 Å². The van der Waals surface area contributed by atoms with E-state index >= 15 is 0 Å². The average Bonchev–Trinajstić information content (AvgIpc) is 2.80. The Morgan fingerprint density at radius 2 is 1.94 bits per heavy atom. The fraction of sp³-hybridized carbons (Fsp3) is 0.214. The van der Waals surface area contributed by atoms with Crippen molar-refractivity contribution >= 4 is 5.97 Å². The van der Waals surface area contributed by atoms with Crippen molar-refractivity contribution in [1.29, 1.82) is 0 Å². The van der Waals surface area contributed by atoms with Crippen molar-refractivity contribution < 1.29 is 14.3 Å². The second-order valence-electron chi connectivity index (χ2n) is 4.15. The summed E-state index contributed by atoms with van der Waals surface area (Å²) in [6.07, 6.45) is 1.40. The molecular formula is C14H15NO3. The molecule has 4 nitrogen and oxygen atoms in total. The lowest BCUT2D eigenvalue weighted by Gasteiger charge is -2.04. The zero-order valence-electron chi connectivity index (χ0n) is 10.1. The van der Waals surface area contributed by atoms with E-state index in [0.29, 0.717) is 18.8 Å². The molecule has 0 aliphatic rings. The normalized spacial score (nSPS) is 10.5. The van der Waals surface area contributed by atoms with Gasteiger partial charge in [-0.25, -0.2) is 4.79 Å². The van der Waals surface area contributed by atoms with E-state index in [1.165, 1.54) is 17.9 Å². The third-order valence-corrected chi connectivity index (χ3v) is 2.71. The van der Waals surface area contributed by atoms with Gasteiger partial charge in [-0.3, -0.25) is 0 Å². The molecule has 0 saturated heterocycles. The predicted molar refractivity (Wildman–Crippen MR) is 67.4 cm³/mol. The smallest absolute Gasteiger partial charge is 0.339 e. The summed E-state index contributed by atoms with van der Waals surface area (Å²) in [5, 5.41) is 12.1. The van der Waals surface area contributed by atoms with Gasteiger partial charge in [0.25, 0.3) is 0 Å². The second kappa shape index (κ2) is 5.51. The van der Waals surface area contributed by atoms with Crippen LogP contribution in [0, 0.1) is 6.92 Å². The Morgan fingerprint density at radius 3 is 2.61 bits per heavy atom. The lowest BCUT2D eigenvalue weighted by atomic mass is 10.1. The van der Waals surface area contributed by atoms with E-state index < -0.39 is 5.97 Å². The maximum atomic E-state index is 10.9. The summed E-state index contributed by atoms with van der Waals surface area (Å²) in [6, 6.07) is 9.65. The number of hydrogen-bond acceptors (Lipinski definition) is 3. The summed E-state index contributed by atoms with van der Waals surface area (Å²) in [7, 11) is 0. The van der Waals surface area contributed by atoms with Crippen LogP contribution in [0.25, 0.3) is 0 Å². The summed E-state index contributed by atoms with van der Waals surface area (Å²) in [4.78, 5) is 10.9. The van der Waals surface area contributed by atoms with Crippen LogP contribution in [-0.4, -0.2) is 11.1 Å². The van der Waals surface area contributed by atoms with E-state index in [-0.39, 0.29) is 5.56 Å². The molecule has 0 saturated carbocycles. The highest BCUT2D eigenvalue weighted by Gasteiger charge is 2.12. The first-order chi connectivity index (χ1) is 8.66. The van der Waals surface area contributed by atoms with Gasteiger partial charge in [-0.05, 0) is 18.6 Å². The van der Waals surface area contributed by atoms with E-state index in [4.69, 9.17) is 9.52 Å². The van der Waals surface area contributed by atoms with Gasteiger partial charge in [0.05, 0.1) is 12.8 Å². The van der Waals surface area contributed by atoms with Gasteiger partial charge in [-0.15, -0.1) is 0 Å². The SMILES string of the molecule is Cc1ccc(CNCc2occc2C(=O)O)cc1. The molecule has 2 rings (SSSR count). The van der Waals surface area contributed by atoms with Gasteiger partial charge in [0.15, 0.2) is 0 Å². The Kier molecular flexibility index (Phi) is 3.79. The maximum absolute atomic E-state index is 10.9.